The molecule has 0 radical (unpaired) electrons. The maximum atomic E-state index is 13.1. The van der Waals surface area contributed by atoms with Crippen molar-refractivity contribution in [2.24, 2.45) is 5.92 Å². The van der Waals surface area contributed by atoms with Gasteiger partial charge in [0.25, 0.3) is 0 Å². The van der Waals surface area contributed by atoms with Gasteiger partial charge in [-0.2, -0.15) is 0 Å². The van der Waals surface area contributed by atoms with Crippen LogP contribution in [0.3, 0.4) is 0 Å². The van der Waals surface area contributed by atoms with Crippen LogP contribution in [0.15, 0.2) is 36.7 Å². The molecule has 1 unspecified atom stereocenters. The Kier molecular flexibility index (Phi) is 6.29. The Morgan fingerprint density at radius 2 is 1.88 bits per heavy atom. The van der Waals surface area contributed by atoms with Crippen LogP contribution in [0.1, 0.15) is 33.6 Å². The molecule has 7 heteroatoms. The minimum atomic E-state index is -0.368. The highest BCUT2D eigenvalue weighted by Crippen LogP contribution is 2.42. The molecule has 2 amide bonds. The Bertz CT molecular complexity index is 993. The Morgan fingerprint density at radius 1 is 1.12 bits per heavy atom. The highest BCUT2D eigenvalue weighted by molar-refractivity contribution is 6.05. The number of anilines is 2. The van der Waals surface area contributed by atoms with E-state index in [1.165, 1.54) is 0 Å². The minimum absolute atomic E-state index is 0.103. The van der Waals surface area contributed by atoms with E-state index in [2.05, 4.69) is 42.0 Å². The summed E-state index contributed by atoms with van der Waals surface area (Å²) in [6.07, 6.45) is 5.53. The summed E-state index contributed by atoms with van der Waals surface area (Å²) in [7, 11) is 4.13. The zero-order valence-electron chi connectivity index (χ0n) is 19.7. The highest BCUT2D eigenvalue weighted by Gasteiger charge is 2.41. The van der Waals surface area contributed by atoms with Crippen molar-refractivity contribution in [3.63, 3.8) is 0 Å². The van der Waals surface area contributed by atoms with Crippen LogP contribution in [0.2, 0.25) is 0 Å². The van der Waals surface area contributed by atoms with Crippen LogP contribution in [0.4, 0.5) is 16.2 Å². The van der Waals surface area contributed by atoms with Crippen molar-refractivity contribution in [2.45, 2.75) is 52.3 Å². The summed E-state index contributed by atoms with van der Waals surface area (Å²) in [6, 6.07) is 8.02. The first-order valence-electron chi connectivity index (χ1n) is 11.5. The third-order valence-corrected chi connectivity index (χ3v) is 6.02. The van der Waals surface area contributed by atoms with Crippen molar-refractivity contribution in [2.75, 3.05) is 37.0 Å². The molecule has 1 aromatic heterocycles. The van der Waals surface area contributed by atoms with Crippen LogP contribution in [-0.4, -0.2) is 60.8 Å². The summed E-state index contributed by atoms with van der Waals surface area (Å²) < 4.78 is 7.70. The summed E-state index contributed by atoms with van der Waals surface area (Å²) >= 11 is 0. The van der Waals surface area contributed by atoms with Crippen molar-refractivity contribution < 1.29 is 14.3 Å². The molecule has 2 heterocycles. The first-order valence-corrected chi connectivity index (χ1v) is 11.5. The number of nitrogens with zero attached hydrogens (tertiary/aromatic N) is 4. The Morgan fingerprint density at radius 3 is 2.53 bits per heavy atom. The van der Waals surface area contributed by atoms with Gasteiger partial charge in [0, 0.05) is 37.9 Å². The number of hydrogen-bond acceptors (Lipinski definition) is 4. The SMILES string of the molecule is CC(C)OC(=O)N1CC(C)N(C(=O)C2CC2)c2ccc(-c3ccn(CCN(C)C)c3)cc21. The van der Waals surface area contributed by atoms with Crippen molar-refractivity contribution in [1.82, 2.24) is 9.47 Å². The topological polar surface area (TPSA) is 58.0 Å². The lowest BCUT2D eigenvalue weighted by molar-refractivity contribution is -0.120. The Labute approximate surface area is 190 Å². The number of carbonyl (C=O) groups excluding carboxylic acids is 2. The van der Waals surface area contributed by atoms with E-state index in [0.717, 1.165) is 48.4 Å². The van der Waals surface area contributed by atoms with Crippen molar-refractivity contribution >= 4 is 23.4 Å². The molecule has 1 aliphatic heterocycles. The molecule has 1 fully saturated rings. The lowest BCUT2D eigenvalue weighted by atomic mass is 10.0. The summed E-state index contributed by atoms with van der Waals surface area (Å²) in [6.45, 7) is 7.99. The molecule has 0 bridgehead atoms. The number of carbonyl (C=O) groups is 2. The second-order valence-corrected chi connectivity index (χ2v) is 9.52. The van der Waals surface area contributed by atoms with Gasteiger partial charge in [-0.25, -0.2) is 4.79 Å². The number of hydrogen-bond donors (Lipinski definition) is 0. The predicted molar refractivity (Wildman–Crippen MR) is 127 cm³/mol. The zero-order valence-corrected chi connectivity index (χ0v) is 19.7. The monoisotopic (exact) mass is 438 g/mol. The lowest BCUT2D eigenvalue weighted by Crippen LogP contribution is -2.52. The van der Waals surface area contributed by atoms with Crippen LogP contribution in [0, 0.1) is 5.92 Å². The van der Waals surface area contributed by atoms with Gasteiger partial charge >= 0.3 is 6.09 Å². The molecular weight excluding hydrogens is 404 g/mol. The molecule has 4 rings (SSSR count). The van der Waals surface area contributed by atoms with Crippen LogP contribution >= 0.6 is 0 Å². The molecule has 2 aromatic rings. The fourth-order valence-electron chi connectivity index (χ4n) is 4.17. The predicted octanol–water partition coefficient (Wildman–Crippen LogP) is 4.21. The highest BCUT2D eigenvalue weighted by atomic mass is 16.6. The van der Waals surface area contributed by atoms with Crippen LogP contribution in [0.5, 0.6) is 0 Å². The zero-order chi connectivity index (χ0) is 23.0. The van der Waals surface area contributed by atoms with E-state index in [-0.39, 0.29) is 30.1 Å². The number of fused-ring (bicyclic) bond motifs is 1. The first-order chi connectivity index (χ1) is 15.2. The third-order valence-electron chi connectivity index (χ3n) is 6.02. The number of benzene rings is 1. The van der Waals surface area contributed by atoms with Crippen molar-refractivity contribution in [3.8, 4) is 11.1 Å². The summed E-state index contributed by atoms with van der Waals surface area (Å²) in [5, 5.41) is 0. The van der Waals surface area contributed by atoms with Gasteiger partial charge in [0.15, 0.2) is 0 Å². The molecule has 0 spiro atoms. The maximum absolute atomic E-state index is 13.1. The standard InChI is InChI=1S/C25H34N4O3/c1-17(2)32-25(31)28-15-18(3)29(24(30)19-6-7-19)22-9-8-20(14-23(22)28)21-10-11-27(16-21)13-12-26(4)5/h8-11,14,16-19H,6-7,12-13,15H2,1-5H3. The molecule has 172 valence electrons. The molecule has 1 atom stereocenters. The molecule has 1 aliphatic carbocycles. The third kappa shape index (κ3) is 4.67. The average Bonchev–Trinajstić information content (AvgIpc) is 3.48. The maximum Gasteiger partial charge on any atom is 0.414 e. The smallest absolute Gasteiger partial charge is 0.414 e. The van der Waals surface area contributed by atoms with Gasteiger partial charge in [0.05, 0.1) is 23.5 Å². The molecule has 0 saturated heterocycles. The fourth-order valence-corrected chi connectivity index (χ4v) is 4.17. The number of rotatable bonds is 6. The van der Waals surface area contributed by atoms with Gasteiger partial charge < -0.3 is 19.1 Å². The van der Waals surface area contributed by atoms with Gasteiger partial charge in [-0.3, -0.25) is 9.69 Å². The van der Waals surface area contributed by atoms with E-state index in [9.17, 15) is 9.59 Å². The lowest BCUT2D eigenvalue weighted by Gasteiger charge is -2.41. The van der Waals surface area contributed by atoms with E-state index in [0.29, 0.717) is 6.54 Å². The Balaban J connectivity index is 1.69. The molecule has 1 aromatic carbocycles. The average molecular weight is 439 g/mol. The second-order valence-electron chi connectivity index (χ2n) is 9.52. The van der Waals surface area contributed by atoms with Gasteiger partial charge in [0.2, 0.25) is 5.91 Å². The van der Waals surface area contributed by atoms with Crippen LogP contribution < -0.4 is 9.80 Å². The van der Waals surface area contributed by atoms with Crippen molar-refractivity contribution in [1.29, 1.82) is 0 Å². The van der Waals surface area contributed by atoms with Crippen molar-refractivity contribution in [3.05, 3.63) is 36.7 Å². The quantitative estimate of drug-likeness (QED) is 0.678. The molecule has 32 heavy (non-hydrogen) atoms. The second kappa shape index (κ2) is 8.98. The largest absolute Gasteiger partial charge is 0.446 e. The normalized spacial score (nSPS) is 18.3. The first kappa shape index (κ1) is 22.4. The van der Waals surface area contributed by atoms with Gasteiger partial charge in [-0.05, 0) is 77.0 Å². The van der Waals surface area contributed by atoms with Gasteiger partial charge in [-0.15, -0.1) is 0 Å². The number of ether oxygens (including phenoxy) is 1. The van der Waals surface area contributed by atoms with E-state index in [1.807, 2.05) is 43.9 Å². The molecule has 1 saturated carbocycles. The van der Waals surface area contributed by atoms with E-state index in [4.69, 9.17) is 4.74 Å². The molecular formula is C25H34N4O3. The summed E-state index contributed by atoms with van der Waals surface area (Å²) in [4.78, 5) is 31.7. The Hall–Kier alpha value is -2.80. The summed E-state index contributed by atoms with van der Waals surface area (Å²) in [5.74, 6) is 0.281. The number of amides is 2. The number of likely N-dealkylation sites (N-methyl/N-ethyl adjacent to an activating group) is 1. The fraction of sp³-hybridized carbons (Fsp3) is 0.520. The van der Waals surface area contributed by atoms with E-state index >= 15 is 0 Å². The minimum Gasteiger partial charge on any atom is -0.446 e. The van der Waals surface area contributed by atoms with Crippen LogP contribution in [-0.2, 0) is 16.1 Å². The van der Waals surface area contributed by atoms with Gasteiger partial charge in [0.1, 0.15) is 0 Å². The molecule has 2 aliphatic rings. The molecule has 0 N–H and O–H groups in total. The number of aromatic nitrogens is 1. The van der Waals surface area contributed by atoms with E-state index < -0.39 is 0 Å². The molecule has 7 nitrogen and oxygen atoms in total. The van der Waals surface area contributed by atoms with Crippen LogP contribution in [0.25, 0.3) is 11.1 Å². The van der Waals surface area contributed by atoms with Gasteiger partial charge in [-0.1, -0.05) is 6.07 Å². The summed E-state index contributed by atoms with van der Waals surface area (Å²) in [5.41, 5.74) is 3.63. The van der Waals surface area contributed by atoms with E-state index in [1.54, 1.807) is 4.90 Å².